The van der Waals surface area contributed by atoms with E-state index in [9.17, 15) is 4.79 Å². The summed E-state index contributed by atoms with van der Waals surface area (Å²) in [6.07, 6.45) is 7.22. The van der Waals surface area contributed by atoms with Crippen LogP contribution in [0.3, 0.4) is 0 Å². The highest BCUT2D eigenvalue weighted by Gasteiger charge is 2.36. The Morgan fingerprint density at radius 3 is 3.00 bits per heavy atom. The third-order valence-electron chi connectivity index (χ3n) is 4.05. The van der Waals surface area contributed by atoms with Crippen molar-refractivity contribution >= 4 is 40.7 Å². The van der Waals surface area contributed by atoms with Crippen molar-refractivity contribution in [1.29, 1.82) is 0 Å². The molecule has 3 rings (SSSR count). The molecule has 1 amide bonds. The third-order valence-corrected chi connectivity index (χ3v) is 5.04. The lowest BCUT2D eigenvalue weighted by Crippen LogP contribution is -2.41. The van der Waals surface area contributed by atoms with Crippen LogP contribution in [0.1, 0.15) is 23.8 Å². The Morgan fingerprint density at radius 2 is 2.29 bits per heavy atom. The minimum atomic E-state index is -0.357. The van der Waals surface area contributed by atoms with Crippen molar-refractivity contribution in [2.45, 2.75) is 18.9 Å². The topological polar surface area (TPSA) is 106 Å². The molecule has 1 unspecified atom stereocenters. The Kier molecular flexibility index (Phi) is 4.86. The number of nitrogens with two attached hydrogens (primary N) is 1. The molecule has 0 bridgehead atoms. The number of carbonyl (C=O) groups is 1. The Hall–Kier alpha value is -1.93. The number of dihydropyridines is 1. The van der Waals surface area contributed by atoms with Gasteiger partial charge in [-0.05, 0) is 13.3 Å². The maximum atomic E-state index is 12.2. The molecule has 1 aromatic heterocycles. The smallest absolute Gasteiger partial charge is 0.275 e. The molecular weight excluding hydrogens is 348 g/mol. The van der Waals surface area contributed by atoms with Gasteiger partial charge in [0.05, 0.1) is 23.6 Å². The molecule has 0 fully saturated rings. The number of aliphatic imine (C=N–C) groups is 2. The van der Waals surface area contributed by atoms with Crippen LogP contribution in [-0.2, 0) is 0 Å². The highest BCUT2D eigenvalue weighted by atomic mass is 35.5. The predicted octanol–water partition coefficient (Wildman–Crippen LogP) is 1.65. The second-order valence-corrected chi connectivity index (χ2v) is 7.31. The zero-order valence-corrected chi connectivity index (χ0v) is 14.6. The average molecular weight is 365 g/mol. The number of amides is 1. The first-order chi connectivity index (χ1) is 11.5. The number of hydrogen-bond donors (Lipinski definition) is 2. The molecule has 0 saturated heterocycles. The number of thioether (sulfide) groups is 1. The minimum absolute atomic E-state index is 0.0774. The Balaban J connectivity index is 1.75. The SMILES string of the molecule is C[C@@]1(C2C=C(NC(=O)c3cnc(Cl)cn3)C=NC2)CCSC(N)=N1. The number of carbonyl (C=O) groups excluding carboxylic acids is 1. The normalized spacial score (nSPS) is 26.5. The van der Waals surface area contributed by atoms with Crippen molar-refractivity contribution in [3.63, 3.8) is 0 Å². The van der Waals surface area contributed by atoms with Crippen LogP contribution in [-0.4, -0.2) is 45.1 Å². The van der Waals surface area contributed by atoms with Gasteiger partial charge < -0.3 is 11.1 Å². The first kappa shape index (κ1) is 16.9. The molecule has 3 N–H and O–H groups in total. The van der Waals surface area contributed by atoms with E-state index in [0.29, 0.717) is 17.4 Å². The molecule has 0 aromatic carbocycles. The minimum Gasteiger partial charge on any atom is -0.379 e. The largest absolute Gasteiger partial charge is 0.379 e. The van der Waals surface area contributed by atoms with Gasteiger partial charge in [0.25, 0.3) is 5.91 Å². The number of aromatic nitrogens is 2. The molecule has 7 nitrogen and oxygen atoms in total. The van der Waals surface area contributed by atoms with Crippen molar-refractivity contribution in [2.75, 3.05) is 12.3 Å². The zero-order valence-electron chi connectivity index (χ0n) is 13.1. The lowest BCUT2D eigenvalue weighted by Gasteiger charge is -2.36. The third kappa shape index (κ3) is 3.76. The van der Waals surface area contributed by atoms with Gasteiger partial charge in [-0.25, -0.2) is 9.97 Å². The maximum absolute atomic E-state index is 12.2. The number of rotatable bonds is 3. The maximum Gasteiger partial charge on any atom is 0.275 e. The summed E-state index contributed by atoms with van der Waals surface area (Å²) in [5.74, 6) is 0.653. The van der Waals surface area contributed by atoms with Crippen molar-refractivity contribution in [3.8, 4) is 0 Å². The number of nitrogens with zero attached hydrogens (tertiary/aromatic N) is 4. The first-order valence-corrected chi connectivity index (χ1v) is 8.81. The summed E-state index contributed by atoms with van der Waals surface area (Å²) < 4.78 is 0. The Labute approximate surface area is 148 Å². The second-order valence-electron chi connectivity index (χ2n) is 5.81. The van der Waals surface area contributed by atoms with Gasteiger partial charge in [-0.3, -0.25) is 14.8 Å². The van der Waals surface area contributed by atoms with Crippen LogP contribution >= 0.6 is 23.4 Å². The van der Waals surface area contributed by atoms with Gasteiger partial charge in [0.1, 0.15) is 10.8 Å². The molecule has 0 radical (unpaired) electrons. The van der Waals surface area contributed by atoms with Gasteiger partial charge in [0.15, 0.2) is 5.17 Å². The standard InChI is InChI=1S/C15H17ClN6OS/c1-15(2-3-24-14(17)22-15)9-4-10(6-18-5-9)21-13(23)11-7-20-12(16)8-19-11/h4,6-9H,2-3,5H2,1H3,(H2,17,22)(H,21,23)/t9?,15-/m0/s1. The van der Waals surface area contributed by atoms with Crippen LogP contribution in [0, 0.1) is 5.92 Å². The lowest BCUT2D eigenvalue weighted by molar-refractivity contribution is 0.0962. The Morgan fingerprint density at radius 1 is 1.46 bits per heavy atom. The quantitative estimate of drug-likeness (QED) is 0.848. The summed E-state index contributed by atoms with van der Waals surface area (Å²) in [5.41, 5.74) is 6.40. The van der Waals surface area contributed by atoms with Gasteiger partial charge in [0.2, 0.25) is 0 Å². The van der Waals surface area contributed by atoms with Gasteiger partial charge in [-0.15, -0.1) is 0 Å². The predicted molar refractivity (Wildman–Crippen MR) is 96.5 cm³/mol. The molecule has 2 aliphatic rings. The molecule has 0 spiro atoms. The molecule has 2 aliphatic heterocycles. The van der Waals surface area contributed by atoms with E-state index in [2.05, 4.69) is 32.2 Å². The molecule has 9 heteroatoms. The highest BCUT2D eigenvalue weighted by molar-refractivity contribution is 8.13. The summed E-state index contributed by atoms with van der Waals surface area (Å²) >= 11 is 7.25. The van der Waals surface area contributed by atoms with Crippen molar-refractivity contribution in [1.82, 2.24) is 15.3 Å². The molecule has 126 valence electrons. The van der Waals surface area contributed by atoms with Gasteiger partial charge in [-0.1, -0.05) is 29.4 Å². The summed E-state index contributed by atoms with van der Waals surface area (Å²) in [4.78, 5) is 29.0. The van der Waals surface area contributed by atoms with Crippen LogP contribution in [0.4, 0.5) is 0 Å². The van der Waals surface area contributed by atoms with E-state index in [1.807, 2.05) is 6.08 Å². The molecular formula is C15H17ClN6OS. The second kappa shape index (κ2) is 6.90. The van der Waals surface area contributed by atoms with Gasteiger partial charge >= 0.3 is 0 Å². The van der Waals surface area contributed by atoms with Gasteiger partial charge in [-0.2, -0.15) is 0 Å². The number of amidine groups is 1. The van der Waals surface area contributed by atoms with E-state index < -0.39 is 0 Å². The van der Waals surface area contributed by atoms with Crippen LogP contribution in [0.2, 0.25) is 5.15 Å². The summed E-state index contributed by atoms with van der Waals surface area (Å²) in [6, 6.07) is 0. The molecule has 3 heterocycles. The average Bonchev–Trinajstić information content (AvgIpc) is 2.55. The number of nitrogens with one attached hydrogen (secondary N) is 1. The molecule has 0 saturated carbocycles. The fourth-order valence-electron chi connectivity index (χ4n) is 2.62. The molecule has 0 aliphatic carbocycles. The van der Waals surface area contributed by atoms with Crippen molar-refractivity contribution in [2.24, 2.45) is 21.6 Å². The lowest BCUT2D eigenvalue weighted by atomic mass is 9.82. The van der Waals surface area contributed by atoms with E-state index in [1.54, 1.807) is 18.0 Å². The van der Waals surface area contributed by atoms with Gasteiger partial charge in [0, 0.05) is 24.4 Å². The summed E-state index contributed by atoms with van der Waals surface area (Å²) in [5, 5.41) is 3.64. The molecule has 24 heavy (non-hydrogen) atoms. The highest BCUT2D eigenvalue weighted by Crippen LogP contribution is 2.34. The van der Waals surface area contributed by atoms with Crippen LogP contribution in [0.25, 0.3) is 0 Å². The zero-order chi connectivity index (χ0) is 17.2. The molecule has 1 aromatic rings. The fourth-order valence-corrected chi connectivity index (χ4v) is 3.72. The number of hydrogen-bond acceptors (Lipinski definition) is 7. The van der Waals surface area contributed by atoms with E-state index >= 15 is 0 Å². The van der Waals surface area contributed by atoms with Crippen LogP contribution in [0.15, 0.2) is 34.2 Å². The van der Waals surface area contributed by atoms with Crippen LogP contribution in [0.5, 0.6) is 0 Å². The fraction of sp³-hybridized carbons (Fsp3) is 0.400. The first-order valence-electron chi connectivity index (χ1n) is 7.45. The number of halogens is 1. The summed E-state index contributed by atoms with van der Waals surface area (Å²) in [7, 11) is 0. The van der Waals surface area contributed by atoms with E-state index in [4.69, 9.17) is 17.3 Å². The van der Waals surface area contributed by atoms with E-state index in [1.165, 1.54) is 12.4 Å². The Bertz CT molecular complexity index is 732. The van der Waals surface area contributed by atoms with Crippen molar-refractivity contribution in [3.05, 3.63) is 35.0 Å². The molecule has 2 atom stereocenters. The monoisotopic (exact) mass is 364 g/mol. The van der Waals surface area contributed by atoms with E-state index in [0.717, 1.165) is 12.2 Å². The number of allylic oxidation sites excluding steroid dienone is 1. The summed E-state index contributed by atoms with van der Waals surface area (Å²) in [6.45, 7) is 2.70. The van der Waals surface area contributed by atoms with Crippen molar-refractivity contribution < 1.29 is 4.79 Å². The van der Waals surface area contributed by atoms with Crippen LogP contribution < -0.4 is 11.1 Å². The van der Waals surface area contributed by atoms with E-state index in [-0.39, 0.29) is 28.2 Å².